The topological polar surface area (TPSA) is 90.0 Å². The third kappa shape index (κ3) is 5.90. The highest BCUT2D eigenvalue weighted by atomic mass is 16.5. The Morgan fingerprint density at radius 3 is 2.60 bits per heavy atom. The Morgan fingerprint density at radius 1 is 1.09 bits per heavy atom. The van der Waals surface area contributed by atoms with Crippen LogP contribution in [0.4, 0.5) is 5.69 Å². The highest BCUT2D eigenvalue weighted by Crippen LogP contribution is 2.29. The number of aryl methyl sites for hydroxylation is 1. The number of ether oxygens (including phenoxy) is 3. The lowest BCUT2D eigenvalue weighted by atomic mass is 10.1. The lowest BCUT2D eigenvalue weighted by Gasteiger charge is -2.17. The van der Waals surface area contributed by atoms with Gasteiger partial charge in [-0.2, -0.15) is 0 Å². The molecule has 0 radical (unpaired) electrons. The molecule has 8 heteroatoms. The summed E-state index contributed by atoms with van der Waals surface area (Å²) in [4.78, 5) is 31.2. The summed E-state index contributed by atoms with van der Waals surface area (Å²) in [5, 5.41) is 2.94. The summed E-state index contributed by atoms with van der Waals surface area (Å²) in [6.45, 7) is 2.85. The summed E-state index contributed by atoms with van der Waals surface area (Å²) in [7, 11) is 3.19. The Labute approximate surface area is 204 Å². The lowest BCUT2D eigenvalue weighted by molar-refractivity contribution is -0.128. The minimum absolute atomic E-state index is 0.0120. The van der Waals surface area contributed by atoms with Crippen molar-refractivity contribution < 1.29 is 23.8 Å². The molecule has 2 heterocycles. The van der Waals surface area contributed by atoms with Crippen LogP contribution < -0.4 is 19.5 Å². The van der Waals surface area contributed by atoms with Crippen molar-refractivity contribution in [1.82, 2.24) is 9.88 Å². The molecule has 182 valence electrons. The quantitative estimate of drug-likeness (QED) is 0.498. The number of carbonyl (C=O) groups excluding carboxylic acids is 2. The van der Waals surface area contributed by atoms with Gasteiger partial charge in [0.2, 0.25) is 11.8 Å². The van der Waals surface area contributed by atoms with Crippen LogP contribution in [-0.4, -0.2) is 49.0 Å². The fourth-order valence-electron chi connectivity index (χ4n) is 4.08. The van der Waals surface area contributed by atoms with Crippen LogP contribution in [0.5, 0.6) is 23.0 Å². The molecule has 8 nitrogen and oxygen atoms in total. The van der Waals surface area contributed by atoms with Gasteiger partial charge in [-0.05, 0) is 66.9 Å². The van der Waals surface area contributed by atoms with Gasteiger partial charge in [-0.1, -0.05) is 6.07 Å². The molecule has 0 aliphatic carbocycles. The number of likely N-dealkylation sites (tertiary alicyclic amines) is 1. The summed E-state index contributed by atoms with van der Waals surface area (Å²) in [6.07, 6.45) is 4.20. The maximum absolute atomic E-state index is 12.9. The maximum atomic E-state index is 12.9. The van der Waals surface area contributed by atoms with Crippen LogP contribution >= 0.6 is 0 Å². The number of methoxy groups -OCH3 is 2. The number of pyridine rings is 1. The summed E-state index contributed by atoms with van der Waals surface area (Å²) >= 11 is 0. The number of benzene rings is 2. The van der Waals surface area contributed by atoms with Gasteiger partial charge in [0, 0.05) is 31.4 Å². The second-order valence-corrected chi connectivity index (χ2v) is 8.44. The number of anilines is 1. The normalized spacial score (nSPS) is 15.1. The zero-order valence-electron chi connectivity index (χ0n) is 20.1. The molecule has 1 N–H and O–H groups in total. The first kappa shape index (κ1) is 24.1. The fourth-order valence-corrected chi connectivity index (χ4v) is 4.08. The number of nitrogens with zero attached hydrogens (tertiary/aromatic N) is 2. The summed E-state index contributed by atoms with van der Waals surface area (Å²) < 4.78 is 16.5. The van der Waals surface area contributed by atoms with Crippen LogP contribution in [0, 0.1) is 12.8 Å². The molecule has 1 aliphatic rings. The molecule has 35 heavy (non-hydrogen) atoms. The predicted molar refractivity (Wildman–Crippen MR) is 132 cm³/mol. The Hall–Kier alpha value is -4.07. The van der Waals surface area contributed by atoms with E-state index in [2.05, 4.69) is 10.3 Å². The molecule has 0 bridgehead atoms. The Morgan fingerprint density at radius 2 is 1.89 bits per heavy atom. The number of nitrogens with one attached hydrogen (secondary N) is 1. The van der Waals surface area contributed by atoms with Crippen LogP contribution in [0.3, 0.4) is 0 Å². The Balaban J connectivity index is 1.32. The number of amides is 2. The van der Waals surface area contributed by atoms with Crippen molar-refractivity contribution in [2.45, 2.75) is 19.8 Å². The number of carbonyl (C=O) groups is 2. The Bertz CT molecular complexity index is 1200. The van der Waals surface area contributed by atoms with Gasteiger partial charge in [-0.3, -0.25) is 14.6 Å². The van der Waals surface area contributed by atoms with Gasteiger partial charge < -0.3 is 24.4 Å². The van der Waals surface area contributed by atoms with Crippen LogP contribution in [0.25, 0.3) is 0 Å². The largest absolute Gasteiger partial charge is 0.493 e. The monoisotopic (exact) mass is 475 g/mol. The standard InChI is InChI=1S/C27H29N3O5/c1-18-13-21(7-9-23(18)35-22-5-4-11-28-16-22)29-27(32)20-15-26(31)30(17-20)12-10-19-6-8-24(33-2)25(14-19)34-3/h4-9,11,13-14,16,20H,10,12,15,17H2,1-3H3,(H,29,32). The van der Waals surface area contributed by atoms with Crippen LogP contribution in [0.1, 0.15) is 17.5 Å². The third-order valence-corrected chi connectivity index (χ3v) is 6.01. The van der Waals surface area contributed by atoms with Gasteiger partial charge in [0.05, 0.1) is 26.3 Å². The van der Waals surface area contributed by atoms with Gasteiger partial charge in [0.1, 0.15) is 11.5 Å². The molecular formula is C27H29N3O5. The average molecular weight is 476 g/mol. The molecule has 3 aromatic rings. The van der Waals surface area contributed by atoms with Crippen molar-refractivity contribution in [3.63, 3.8) is 0 Å². The van der Waals surface area contributed by atoms with E-state index in [0.29, 0.717) is 48.2 Å². The van der Waals surface area contributed by atoms with E-state index in [0.717, 1.165) is 11.1 Å². The smallest absolute Gasteiger partial charge is 0.229 e. The van der Waals surface area contributed by atoms with Crippen molar-refractivity contribution in [3.05, 3.63) is 72.1 Å². The number of aromatic nitrogens is 1. The molecule has 1 fully saturated rings. The summed E-state index contributed by atoms with van der Waals surface area (Å²) in [5.41, 5.74) is 2.58. The van der Waals surface area contributed by atoms with Crippen LogP contribution in [0.15, 0.2) is 60.9 Å². The molecule has 1 aromatic heterocycles. The fraction of sp³-hybridized carbons (Fsp3) is 0.296. The number of rotatable bonds is 9. The van der Waals surface area contributed by atoms with Crippen molar-refractivity contribution in [1.29, 1.82) is 0 Å². The summed E-state index contributed by atoms with van der Waals surface area (Å²) in [5.74, 6) is 2.09. The molecule has 1 saturated heterocycles. The first-order valence-electron chi connectivity index (χ1n) is 11.4. The van der Waals surface area contributed by atoms with E-state index in [9.17, 15) is 9.59 Å². The van der Waals surface area contributed by atoms with E-state index in [1.807, 2.05) is 43.3 Å². The van der Waals surface area contributed by atoms with Gasteiger partial charge in [-0.15, -0.1) is 0 Å². The van der Waals surface area contributed by atoms with Gasteiger partial charge in [0.15, 0.2) is 11.5 Å². The second-order valence-electron chi connectivity index (χ2n) is 8.44. The van der Waals surface area contributed by atoms with E-state index in [1.54, 1.807) is 43.6 Å². The first-order valence-corrected chi connectivity index (χ1v) is 11.4. The first-order chi connectivity index (χ1) is 17.0. The van der Waals surface area contributed by atoms with E-state index in [-0.39, 0.29) is 24.2 Å². The highest BCUT2D eigenvalue weighted by molar-refractivity contribution is 5.97. The molecule has 0 saturated carbocycles. The van der Waals surface area contributed by atoms with Crippen molar-refractivity contribution >= 4 is 17.5 Å². The van der Waals surface area contributed by atoms with E-state index in [4.69, 9.17) is 14.2 Å². The summed E-state index contributed by atoms with van der Waals surface area (Å²) in [6, 6.07) is 14.8. The molecule has 1 unspecified atom stereocenters. The lowest BCUT2D eigenvalue weighted by Crippen LogP contribution is -2.30. The SMILES string of the molecule is COc1ccc(CCN2CC(C(=O)Nc3ccc(Oc4cccnc4)c(C)c3)CC2=O)cc1OC. The molecule has 4 rings (SSSR count). The Kier molecular flexibility index (Phi) is 7.50. The minimum Gasteiger partial charge on any atom is -0.493 e. The molecule has 0 spiro atoms. The molecule has 1 aliphatic heterocycles. The van der Waals surface area contributed by atoms with Gasteiger partial charge in [-0.25, -0.2) is 0 Å². The van der Waals surface area contributed by atoms with E-state index in [1.165, 1.54) is 0 Å². The van der Waals surface area contributed by atoms with E-state index < -0.39 is 0 Å². The minimum atomic E-state index is -0.389. The second kappa shape index (κ2) is 10.9. The number of hydrogen-bond acceptors (Lipinski definition) is 6. The van der Waals surface area contributed by atoms with E-state index >= 15 is 0 Å². The molecule has 1 atom stereocenters. The maximum Gasteiger partial charge on any atom is 0.229 e. The number of hydrogen-bond donors (Lipinski definition) is 1. The third-order valence-electron chi connectivity index (χ3n) is 6.01. The van der Waals surface area contributed by atoms with Gasteiger partial charge in [0.25, 0.3) is 0 Å². The zero-order chi connectivity index (χ0) is 24.8. The van der Waals surface area contributed by atoms with Crippen molar-refractivity contribution in [3.8, 4) is 23.0 Å². The molecule has 2 aromatic carbocycles. The van der Waals surface area contributed by atoms with Crippen LogP contribution in [0.2, 0.25) is 0 Å². The van der Waals surface area contributed by atoms with Crippen LogP contribution in [-0.2, 0) is 16.0 Å². The predicted octanol–water partition coefficient (Wildman–Crippen LogP) is 4.23. The molecule has 2 amide bonds. The average Bonchev–Trinajstić information content (AvgIpc) is 3.25. The molecular weight excluding hydrogens is 446 g/mol. The van der Waals surface area contributed by atoms with Crippen molar-refractivity contribution in [2.75, 3.05) is 32.6 Å². The van der Waals surface area contributed by atoms with Gasteiger partial charge >= 0.3 is 0 Å². The highest BCUT2D eigenvalue weighted by Gasteiger charge is 2.34. The van der Waals surface area contributed by atoms with Crippen molar-refractivity contribution in [2.24, 2.45) is 5.92 Å². The zero-order valence-corrected chi connectivity index (χ0v) is 20.1.